The Morgan fingerprint density at radius 1 is 1.18 bits per heavy atom. The van der Waals surface area contributed by atoms with Crippen LogP contribution in [0.3, 0.4) is 0 Å². The van der Waals surface area contributed by atoms with E-state index in [0.717, 1.165) is 9.56 Å². The Balaban J connectivity index is 1.54. The molecule has 5 aromatic rings. The van der Waals surface area contributed by atoms with Crippen molar-refractivity contribution in [3.05, 3.63) is 110 Å². The summed E-state index contributed by atoms with van der Waals surface area (Å²) in [5.41, 5.74) is 0.881. The van der Waals surface area contributed by atoms with Gasteiger partial charge in [0, 0.05) is 22.7 Å². The highest BCUT2D eigenvalue weighted by atomic mass is 35.5. The highest BCUT2D eigenvalue weighted by molar-refractivity contribution is 7.16. The molecule has 0 aliphatic heterocycles. The molecule has 0 saturated heterocycles. The highest BCUT2D eigenvalue weighted by Crippen LogP contribution is 2.25. The number of halogens is 1. The molecule has 0 aromatic carbocycles. The smallest absolute Gasteiger partial charge is 0.315 e. The Kier molecular flexibility index (Phi) is 7.11. The van der Waals surface area contributed by atoms with Gasteiger partial charge in [-0.25, -0.2) is 0 Å². The zero-order chi connectivity index (χ0) is 26.6. The molecule has 5 rings (SSSR count). The number of aromatic nitrogens is 5. The van der Waals surface area contributed by atoms with Gasteiger partial charge in [0.25, 0.3) is 5.56 Å². The number of furan rings is 1. The number of carbonyl (C=O) groups is 2. The van der Waals surface area contributed by atoms with E-state index in [4.69, 9.17) is 16.0 Å². The summed E-state index contributed by atoms with van der Waals surface area (Å²) in [5, 5.41) is 15.0. The van der Waals surface area contributed by atoms with E-state index >= 15 is 0 Å². The predicted octanol–water partition coefficient (Wildman–Crippen LogP) is 4.64. The van der Waals surface area contributed by atoms with E-state index in [2.05, 4.69) is 27.2 Å². The number of hydrogen-bond acceptors (Lipinski definition) is 9. The number of Topliss-reactive ketones (excluding diaryl/α,β-unsaturated/α-hetero) is 1. The maximum atomic E-state index is 13.5. The average Bonchev–Trinajstić information content (AvgIpc) is 3.70. The fourth-order valence-electron chi connectivity index (χ4n) is 3.70. The number of anilines is 1. The Morgan fingerprint density at radius 2 is 2.05 bits per heavy atom. The lowest BCUT2D eigenvalue weighted by Crippen LogP contribution is -2.26. The molecule has 0 unspecified atom stereocenters. The Labute approximate surface area is 224 Å². The van der Waals surface area contributed by atoms with Crippen molar-refractivity contribution in [1.29, 1.82) is 0 Å². The van der Waals surface area contributed by atoms with Gasteiger partial charge < -0.3 is 14.3 Å². The lowest BCUT2D eigenvalue weighted by molar-refractivity contribution is 0.0919. The third kappa shape index (κ3) is 5.24. The van der Waals surface area contributed by atoms with Crippen LogP contribution in [0, 0.1) is 0 Å². The second-order valence-corrected chi connectivity index (χ2v) is 9.85. The van der Waals surface area contributed by atoms with Crippen molar-refractivity contribution in [2.24, 2.45) is 0 Å². The summed E-state index contributed by atoms with van der Waals surface area (Å²) >= 11 is 7.44. The van der Waals surface area contributed by atoms with Crippen molar-refractivity contribution < 1.29 is 14.0 Å². The van der Waals surface area contributed by atoms with Gasteiger partial charge in [-0.2, -0.15) is 20.0 Å². The van der Waals surface area contributed by atoms with E-state index in [1.807, 2.05) is 6.07 Å². The highest BCUT2D eigenvalue weighted by Gasteiger charge is 2.22. The number of pyridine rings is 1. The van der Waals surface area contributed by atoms with E-state index in [9.17, 15) is 14.4 Å². The van der Waals surface area contributed by atoms with Crippen LogP contribution in [-0.4, -0.2) is 36.2 Å². The van der Waals surface area contributed by atoms with E-state index in [0.29, 0.717) is 27.8 Å². The largest absolute Gasteiger partial charge is 0.459 e. The first-order valence-corrected chi connectivity index (χ1v) is 12.5. The van der Waals surface area contributed by atoms with Crippen molar-refractivity contribution in [2.45, 2.75) is 13.1 Å². The van der Waals surface area contributed by atoms with Crippen LogP contribution < -0.4 is 10.9 Å². The minimum atomic E-state index is -0.520. The first kappa shape index (κ1) is 25.1. The quantitative estimate of drug-likeness (QED) is 0.265. The maximum Gasteiger partial charge on any atom is 0.315 e. The minimum Gasteiger partial charge on any atom is -0.459 e. The molecule has 38 heavy (non-hydrogen) atoms. The average molecular weight is 547 g/mol. The molecule has 190 valence electrons. The Hall–Kier alpha value is -4.61. The second kappa shape index (κ2) is 10.8. The second-order valence-electron chi connectivity index (χ2n) is 8.05. The molecular weight excluding hydrogens is 528 g/mol. The van der Waals surface area contributed by atoms with Gasteiger partial charge in [0.05, 0.1) is 41.6 Å². The predicted molar refractivity (Wildman–Crippen MR) is 143 cm³/mol. The summed E-state index contributed by atoms with van der Waals surface area (Å²) in [7, 11) is 0. The standard InChI is InChI=1S/C26H19ClN6O4S/c1-2-16-10-19(25(35)32(14-16)15-21(34)17-7-8-29-30-12-17)20-11-24(28-13-18-5-6-23(27)38-18)33(31-20)26(36)22-4-3-9-37-22/h2-12,14,28H,1,13,15H2. The zero-order valence-electron chi connectivity index (χ0n) is 19.7. The van der Waals surface area contributed by atoms with Crippen molar-refractivity contribution in [3.63, 3.8) is 0 Å². The van der Waals surface area contributed by atoms with Gasteiger partial charge in [-0.1, -0.05) is 24.3 Å². The lowest BCUT2D eigenvalue weighted by Gasteiger charge is -2.09. The number of hydrogen-bond donors (Lipinski definition) is 1. The lowest BCUT2D eigenvalue weighted by atomic mass is 10.1. The van der Waals surface area contributed by atoms with Gasteiger partial charge in [0.1, 0.15) is 11.5 Å². The molecule has 0 amide bonds. The fourth-order valence-corrected chi connectivity index (χ4v) is 4.72. The van der Waals surface area contributed by atoms with E-state index in [-0.39, 0.29) is 29.3 Å². The van der Waals surface area contributed by atoms with Gasteiger partial charge >= 0.3 is 5.91 Å². The molecule has 5 heterocycles. The topological polar surface area (TPSA) is 125 Å². The number of nitrogens with one attached hydrogen (secondary N) is 1. The number of carbonyl (C=O) groups excluding carboxylic acids is 2. The van der Waals surface area contributed by atoms with Gasteiger partial charge in [-0.05, 0) is 42.0 Å². The molecule has 0 aliphatic carbocycles. The van der Waals surface area contributed by atoms with Crippen molar-refractivity contribution in [2.75, 3.05) is 5.32 Å². The monoisotopic (exact) mass is 546 g/mol. The minimum absolute atomic E-state index is 0.0793. The molecule has 0 aliphatic rings. The molecular formula is C26H19ClN6O4S. The van der Waals surface area contributed by atoms with E-state index in [1.54, 1.807) is 30.3 Å². The summed E-state index contributed by atoms with van der Waals surface area (Å²) in [6.07, 6.45) is 7.23. The van der Waals surface area contributed by atoms with Gasteiger partial charge in [0.2, 0.25) is 0 Å². The molecule has 0 saturated carbocycles. The van der Waals surface area contributed by atoms with Crippen LogP contribution in [0.15, 0.2) is 83.1 Å². The van der Waals surface area contributed by atoms with Crippen LogP contribution in [0.4, 0.5) is 5.82 Å². The van der Waals surface area contributed by atoms with Gasteiger partial charge in [-0.3, -0.25) is 14.4 Å². The Morgan fingerprint density at radius 3 is 2.74 bits per heavy atom. The molecule has 0 spiro atoms. The van der Waals surface area contributed by atoms with Crippen LogP contribution in [-0.2, 0) is 13.1 Å². The van der Waals surface area contributed by atoms with Gasteiger partial charge in [0.15, 0.2) is 11.5 Å². The fraction of sp³-hybridized carbons (Fsp3) is 0.0769. The summed E-state index contributed by atoms with van der Waals surface area (Å²) in [4.78, 5) is 40.3. The normalized spacial score (nSPS) is 10.9. The summed E-state index contributed by atoms with van der Waals surface area (Å²) < 4.78 is 8.33. The molecule has 0 atom stereocenters. The van der Waals surface area contributed by atoms with Crippen LogP contribution in [0.2, 0.25) is 4.34 Å². The maximum absolute atomic E-state index is 13.5. The molecule has 10 nitrogen and oxygen atoms in total. The summed E-state index contributed by atoms with van der Waals surface area (Å²) in [5.74, 6) is -0.409. The third-order valence-electron chi connectivity index (χ3n) is 5.55. The van der Waals surface area contributed by atoms with Crippen molar-refractivity contribution in [1.82, 2.24) is 24.5 Å². The first-order chi connectivity index (χ1) is 18.4. The Bertz CT molecular complexity index is 1690. The van der Waals surface area contributed by atoms with E-state index in [1.165, 1.54) is 52.9 Å². The number of nitrogens with zero attached hydrogens (tertiary/aromatic N) is 5. The van der Waals surface area contributed by atoms with Crippen LogP contribution in [0.5, 0.6) is 0 Å². The summed E-state index contributed by atoms with van der Waals surface area (Å²) in [6, 6.07) is 11.5. The first-order valence-electron chi connectivity index (χ1n) is 11.3. The van der Waals surface area contributed by atoms with Crippen molar-refractivity contribution >= 4 is 46.5 Å². The van der Waals surface area contributed by atoms with Crippen LogP contribution >= 0.6 is 22.9 Å². The molecule has 1 N–H and O–H groups in total. The zero-order valence-corrected chi connectivity index (χ0v) is 21.3. The van der Waals surface area contributed by atoms with Crippen molar-refractivity contribution in [3.8, 4) is 11.3 Å². The molecule has 0 radical (unpaired) electrons. The van der Waals surface area contributed by atoms with Crippen LogP contribution in [0.1, 0.15) is 31.4 Å². The molecule has 12 heteroatoms. The number of rotatable bonds is 9. The number of ketones is 1. The number of thiophene rings is 1. The van der Waals surface area contributed by atoms with Crippen LogP contribution in [0.25, 0.3) is 17.3 Å². The van der Waals surface area contributed by atoms with Gasteiger partial charge in [-0.15, -0.1) is 11.3 Å². The SMILES string of the molecule is C=Cc1cc(-c2cc(NCc3ccc(Cl)s3)n(C(=O)c3ccco3)n2)c(=O)n(CC(=O)c2ccnnc2)c1. The summed E-state index contributed by atoms with van der Waals surface area (Å²) in [6.45, 7) is 3.94. The molecule has 5 aromatic heterocycles. The molecule has 0 fully saturated rings. The van der Waals surface area contributed by atoms with E-state index < -0.39 is 11.5 Å². The molecule has 0 bridgehead atoms. The third-order valence-corrected chi connectivity index (χ3v) is 6.78.